The molecule has 0 aliphatic carbocycles. The van der Waals surface area contributed by atoms with Crippen LogP contribution in [0, 0.1) is 0 Å². The Morgan fingerprint density at radius 1 is 1.19 bits per heavy atom. The standard InChI is InChI=1S/C14H18N2O4S/c1-10(2)14-15-7-8-16(14)21(17,18)13-9-11(19-3)5-6-12(13)20-4/h5-10H,1-4H3. The Labute approximate surface area is 124 Å². The maximum atomic E-state index is 12.9. The Bertz CT molecular complexity index is 735. The summed E-state index contributed by atoms with van der Waals surface area (Å²) in [4.78, 5) is 4.16. The van der Waals surface area contributed by atoms with Crippen LogP contribution in [0.2, 0.25) is 0 Å². The Balaban J connectivity index is 2.66. The molecule has 0 aliphatic heterocycles. The van der Waals surface area contributed by atoms with E-state index in [0.29, 0.717) is 11.6 Å². The van der Waals surface area contributed by atoms with Crippen molar-refractivity contribution in [1.29, 1.82) is 0 Å². The maximum Gasteiger partial charge on any atom is 0.272 e. The van der Waals surface area contributed by atoms with Crippen molar-refractivity contribution in [2.45, 2.75) is 24.7 Å². The summed E-state index contributed by atoms with van der Waals surface area (Å²) in [6.45, 7) is 3.77. The number of rotatable bonds is 5. The quantitative estimate of drug-likeness (QED) is 0.847. The average Bonchev–Trinajstić information content (AvgIpc) is 2.97. The fourth-order valence-electron chi connectivity index (χ4n) is 2.00. The van der Waals surface area contributed by atoms with Gasteiger partial charge in [0.15, 0.2) is 0 Å². The van der Waals surface area contributed by atoms with Gasteiger partial charge in [0.05, 0.1) is 14.2 Å². The van der Waals surface area contributed by atoms with Gasteiger partial charge in [0.2, 0.25) is 0 Å². The summed E-state index contributed by atoms with van der Waals surface area (Å²) < 4.78 is 37.1. The van der Waals surface area contributed by atoms with Crippen LogP contribution in [0.15, 0.2) is 35.5 Å². The molecule has 0 fully saturated rings. The first kappa shape index (κ1) is 15.4. The minimum Gasteiger partial charge on any atom is -0.497 e. The summed E-state index contributed by atoms with van der Waals surface area (Å²) in [6, 6.07) is 4.66. The van der Waals surface area contributed by atoms with Gasteiger partial charge < -0.3 is 9.47 Å². The van der Waals surface area contributed by atoms with E-state index in [9.17, 15) is 8.42 Å². The molecule has 0 saturated carbocycles. The van der Waals surface area contributed by atoms with Crippen LogP contribution in [0.25, 0.3) is 0 Å². The molecule has 1 heterocycles. The molecule has 0 amide bonds. The van der Waals surface area contributed by atoms with Crippen LogP contribution in [0.4, 0.5) is 0 Å². The van der Waals surface area contributed by atoms with Crippen LogP contribution in [0.5, 0.6) is 11.5 Å². The molecule has 0 aliphatic rings. The van der Waals surface area contributed by atoms with Crippen molar-refractivity contribution in [3.63, 3.8) is 0 Å². The third-order valence-corrected chi connectivity index (χ3v) is 4.76. The molecular weight excluding hydrogens is 292 g/mol. The van der Waals surface area contributed by atoms with Crippen LogP contribution < -0.4 is 9.47 Å². The molecule has 21 heavy (non-hydrogen) atoms. The third kappa shape index (κ3) is 2.73. The normalized spacial score (nSPS) is 11.7. The SMILES string of the molecule is COc1ccc(OC)c(S(=O)(=O)n2ccnc2C(C)C)c1. The van der Waals surface area contributed by atoms with Gasteiger partial charge in [-0.15, -0.1) is 0 Å². The van der Waals surface area contributed by atoms with Crippen LogP contribution in [0.1, 0.15) is 25.6 Å². The van der Waals surface area contributed by atoms with Crippen molar-refractivity contribution in [2.24, 2.45) is 0 Å². The highest BCUT2D eigenvalue weighted by molar-refractivity contribution is 7.90. The highest BCUT2D eigenvalue weighted by atomic mass is 32.2. The largest absolute Gasteiger partial charge is 0.497 e. The lowest BCUT2D eigenvalue weighted by molar-refractivity contribution is 0.392. The van der Waals surface area contributed by atoms with E-state index in [1.807, 2.05) is 13.8 Å². The van der Waals surface area contributed by atoms with Gasteiger partial charge in [-0.2, -0.15) is 0 Å². The van der Waals surface area contributed by atoms with Crippen molar-refractivity contribution in [2.75, 3.05) is 14.2 Å². The monoisotopic (exact) mass is 310 g/mol. The fourth-order valence-corrected chi connectivity index (χ4v) is 3.60. The maximum absolute atomic E-state index is 12.9. The van der Waals surface area contributed by atoms with Gasteiger partial charge in [-0.3, -0.25) is 0 Å². The summed E-state index contributed by atoms with van der Waals surface area (Å²) in [7, 11) is -0.888. The number of benzene rings is 1. The molecule has 0 N–H and O–H groups in total. The molecule has 7 heteroatoms. The Morgan fingerprint density at radius 3 is 2.48 bits per heavy atom. The third-order valence-electron chi connectivity index (χ3n) is 3.06. The van der Waals surface area contributed by atoms with Crippen molar-refractivity contribution in [3.05, 3.63) is 36.4 Å². The molecule has 6 nitrogen and oxygen atoms in total. The van der Waals surface area contributed by atoms with Crippen LogP contribution in [-0.2, 0) is 10.0 Å². The molecule has 0 saturated heterocycles. The summed E-state index contributed by atoms with van der Waals surface area (Å²) in [5, 5.41) is 0. The number of aromatic nitrogens is 2. The second kappa shape index (κ2) is 5.77. The molecule has 0 radical (unpaired) electrons. The number of ether oxygens (including phenoxy) is 2. The summed E-state index contributed by atoms with van der Waals surface area (Å²) in [6.07, 6.45) is 2.91. The van der Waals surface area contributed by atoms with Gasteiger partial charge in [0, 0.05) is 24.4 Å². The van der Waals surface area contributed by atoms with Crippen LogP contribution in [0.3, 0.4) is 0 Å². The summed E-state index contributed by atoms with van der Waals surface area (Å²) in [5.74, 6) is 1.16. The molecule has 0 bridgehead atoms. The van der Waals surface area contributed by atoms with Gasteiger partial charge in [0.25, 0.3) is 10.0 Å². The zero-order valence-electron chi connectivity index (χ0n) is 12.4. The zero-order valence-corrected chi connectivity index (χ0v) is 13.2. The molecule has 2 rings (SSSR count). The van der Waals surface area contributed by atoms with E-state index >= 15 is 0 Å². The Morgan fingerprint density at radius 2 is 1.90 bits per heavy atom. The number of methoxy groups -OCH3 is 2. The van der Waals surface area contributed by atoms with Gasteiger partial charge in [-0.25, -0.2) is 17.4 Å². The first-order valence-electron chi connectivity index (χ1n) is 6.42. The predicted molar refractivity (Wildman–Crippen MR) is 78.4 cm³/mol. The van der Waals surface area contributed by atoms with Crippen LogP contribution >= 0.6 is 0 Å². The molecular formula is C14H18N2O4S. The number of nitrogens with zero attached hydrogens (tertiary/aromatic N) is 2. The average molecular weight is 310 g/mol. The van der Waals surface area contributed by atoms with Crippen molar-refractivity contribution in [3.8, 4) is 11.5 Å². The molecule has 0 unspecified atom stereocenters. The predicted octanol–water partition coefficient (Wildman–Crippen LogP) is 2.26. The zero-order chi connectivity index (χ0) is 15.6. The highest BCUT2D eigenvalue weighted by Gasteiger charge is 2.25. The van der Waals surface area contributed by atoms with E-state index in [-0.39, 0.29) is 16.6 Å². The summed E-state index contributed by atoms with van der Waals surface area (Å²) >= 11 is 0. The van der Waals surface area contributed by atoms with Gasteiger partial charge in [0.1, 0.15) is 22.2 Å². The highest BCUT2D eigenvalue weighted by Crippen LogP contribution is 2.31. The number of imidazole rings is 1. The lowest BCUT2D eigenvalue weighted by Gasteiger charge is -2.14. The molecule has 0 atom stereocenters. The lowest BCUT2D eigenvalue weighted by Crippen LogP contribution is -2.17. The number of hydrogen-bond acceptors (Lipinski definition) is 5. The molecule has 1 aromatic carbocycles. The fraction of sp³-hybridized carbons (Fsp3) is 0.357. The van der Waals surface area contributed by atoms with E-state index in [1.165, 1.54) is 36.7 Å². The second-order valence-electron chi connectivity index (χ2n) is 4.76. The first-order valence-corrected chi connectivity index (χ1v) is 7.86. The first-order chi connectivity index (χ1) is 9.91. The lowest BCUT2D eigenvalue weighted by atomic mass is 10.2. The van der Waals surface area contributed by atoms with Gasteiger partial charge in [-0.1, -0.05) is 13.8 Å². The van der Waals surface area contributed by atoms with E-state index in [2.05, 4.69) is 4.98 Å². The second-order valence-corrected chi connectivity index (χ2v) is 6.54. The molecule has 2 aromatic rings. The smallest absolute Gasteiger partial charge is 0.272 e. The van der Waals surface area contributed by atoms with E-state index < -0.39 is 10.0 Å². The Kier molecular flexibility index (Phi) is 4.22. The minimum absolute atomic E-state index is 0.0219. The van der Waals surface area contributed by atoms with Crippen molar-refractivity contribution >= 4 is 10.0 Å². The Hall–Kier alpha value is -2.02. The van der Waals surface area contributed by atoms with Crippen LogP contribution in [-0.4, -0.2) is 31.6 Å². The summed E-state index contributed by atoms with van der Waals surface area (Å²) in [5.41, 5.74) is 0. The van der Waals surface area contributed by atoms with Gasteiger partial charge in [-0.05, 0) is 12.1 Å². The van der Waals surface area contributed by atoms with E-state index in [0.717, 1.165) is 0 Å². The van der Waals surface area contributed by atoms with Crippen molar-refractivity contribution < 1.29 is 17.9 Å². The molecule has 0 spiro atoms. The van der Waals surface area contributed by atoms with Gasteiger partial charge >= 0.3 is 0 Å². The van der Waals surface area contributed by atoms with E-state index in [1.54, 1.807) is 12.1 Å². The topological polar surface area (TPSA) is 70.4 Å². The van der Waals surface area contributed by atoms with Crippen molar-refractivity contribution in [1.82, 2.24) is 8.96 Å². The molecule has 114 valence electrons. The number of hydrogen-bond donors (Lipinski definition) is 0. The van der Waals surface area contributed by atoms with E-state index in [4.69, 9.17) is 9.47 Å². The molecule has 1 aromatic heterocycles. The minimum atomic E-state index is -3.80.